The maximum absolute atomic E-state index is 12.0. The normalized spacial score (nSPS) is 23.1. The molecule has 0 aliphatic heterocycles. The van der Waals surface area contributed by atoms with Crippen LogP contribution in [0, 0.1) is 5.92 Å². The molecule has 1 saturated carbocycles. The quantitative estimate of drug-likeness (QED) is 0.894. The second kappa shape index (κ2) is 7.06. The lowest BCUT2D eigenvalue weighted by molar-refractivity contribution is -0.121. The van der Waals surface area contributed by atoms with E-state index < -0.39 is 0 Å². The third-order valence-electron chi connectivity index (χ3n) is 3.78. The zero-order valence-electron chi connectivity index (χ0n) is 10.9. The molecule has 2 rings (SSSR count). The zero-order valence-corrected chi connectivity index (χ0v) is 12.5. The minimum Gasteiger partial charge on any atom is -0.396 e. The molecule has 0 saturated heterocycles. The third kappa shape index (κ3) is 4.32. The van der Waals surface area contributed by atoms with Gasteiger partial charge in [0.1, 0.15) is 0 Å². The van der Waals surface area contributed by atoms with Gasteiger partial charge < -0.3 is 10.4 Å². The molecule has 1 fully saturated rings. The lowest BCUT2D eigenvalue weighted by Crippen LogP contribution is -2.38. The molecule has 1 amide bonds. The van der Waals surface area contributed by atoms with Crippen LogP contribution in [0.4, 0.5) is 0 Å². The fourth-order valence-electron chi connectivity index (χ4n) is 2.58. The van der Waals surface area contributed by atoms with Gasteiger partial charge in [0.2, 0.25) is 5.91 Å². The number of halogens is 1. The topological polar surface area (TPSA) is 49.3 Å². The van der Waals surface area contributed by atoms with Crippen molar-refractivity contribution in [2.75, 3.05) is 6.61 Å². The molecule has 0 aromatic heterocycles. The number of benzene rings is 1. The van der Waals surface area contributed by atoms with Crippen molar-refractivity contribution in [2.45, 2.75) is 38.1 Å². The van der Waals surface area contributed by atoms with E-state index in [1.807, 2.05) is 24.3 Å². The van der Waals surface area contributed by atoms with Crippen LogP contribution in [0.5, 0.6) is 0 Å². The van der Waals surface area contributed by atoms with Crippen LogP contribution in [-0.2, 0) is 11.2 Å². The van der Waals surface area contributed by atoms with E-state index in [0.29, 0.717) is 12.3 Å². The van der Waals surface area contributed by atoms with Crippen LogP contribution in [0.25, 0.3) is 0 Å². The lowest BCUT2D eigenvalue weighted by atomic mass is 9.86. The molecular formula is C15H20BrNO2. The van der Waals surface area contributed by atoms with E-state index in [4.69, 9.17) is 5.11 Å². The number of nitrogens with one attached hydrogen (secondary N) is 1. The van der Waals surface area contributed by atoms with E-state index in [1.54, 1.807) is 0 Å². The molecule has 4 heteroatoms. The van der Waals surface area contributed by atoms with Crippen molar-refractivity contribution >= 4 is 21.8 Å². The Hall–Kier alpha value is -0.870. The van der Waals surface area contributed by atoms with E-state index in [0.717, 1.165) is 35.7 Å². The molecule has 2 N–H and O–H groups in total. The molecule has 0 unspecified atom stereocenters. The van der Waals surface area contributed by atoms with Gasteiger partial charge in [0, 0.05) is 17.1 Å². The predicted octanol–water partition coefficient (Wildman–Crippen LogP) is 2.66. The van der Waals surface area contributed by atoms with Gasteiger partial charge in [-0.3, -0.25) is 4.79 Å². The first-order valence-corrected chi connectivity index (χ1v) is 7.62. The van der Waals surface area contributed by atoms with Gasteiger partial charge >= 0.3 is 0 Å². The molecule has 0 atom stereocenters. The van der Waals surface area contributed by atoms with E-state index >= 15 is 0 Å². The second-order valence-electron chi connectivity index (χ2n) is 5.24. The minimum atomic E-state index is 0.0827. The van der Waals surface area contributed by atoms with Crippen molar-refractivity contribution < 1.29 is 9.90 Å². The summed E-state index contributed by atoms with van der Waals surface area (Å²) < 4.78 is 0.981. The van der Waals surface area contributed by atoms with Crippen LogP contribution in [0.15, 0.2) is 28.7 Å². The Bertz CT molecular complexity index is 428. The van der Waals surface area contributed by atoms with Gasteiger partial charge in [-0.1, -0.05) is 34.1 Å². The van der Waals surface area contributed by atoms with Crippen molar-refractivity contribution in [1.82, 2.24) is 5.32 Å². The highest BCUT2D eigenvalue weighted by Gasteiger charge is 2.21. The number of rotatable bonds is 4. The molecule has 1 aliphatic carbocycles. The summed E-state index contributed by atoms with van der Waals surface area (Å²) in [5, 5.41) is 12.2. The third-order valence-corrected chi connectivity index (χ3v) is 4.55. The number of hydrogen-bond donors (Lipinski definition) is 2. The molecule has 19 heavy (non-hydrogen) atoms. The fraction of sp³-hybridized carbons (Fsp3) is 0.533. The maximum atomic E-state index is 12.0. The van der Waals surface area contributed by atoms with E-state index in [2.05, 4.69) is 21.2 Å². The Morgan fingerprint density at radius 3 is 2.58 bits per heavy atom. The Labute approximate surface area is 122 Å². The van der Waals surface area contributed by atoms with Crippen molar-refractivity contribution in [2.24, 2.45) is 5.92 Å². The molecule has 0 heterocycles. The van der Waals surface area contributed by atoms with Crippen LogP contribution in [0.3, 0.4) is 0 Å². The first kappa shape index (κ1) is 14.5. The van der Waals surface area contributed by atoms with Gasteiger partial charge in [0.15, 0.2) is 0 Å². The largest absolute Gasteiger partial charge is 0.396 e. The summed E-state index contributed by atoms with van der Waals surface area (Å²) in [7, 11) is 0. The average Bonchev–Trinajstić information content (AvgIpc) is 2.42. The summed E-state index contributed by atoms with van der Waals surface area (Å²) in [6, 6.07) is 8.08. The highest BCUT2D eigenvalue weighted by atomic mass is 79.9. The summed E-state index contributed by atoms with van der Waals surface area (Å²) in [6.07, 6.45) is 4.40. The smallest absolute Gasteiger partial charge is 0.224 e. The van der Waals surface area contributed by atoms with Crippen molar-refractivity contribution in [3.05, 3.63) is 34.3 Å². The first-order valence-electron chi connectivity index (χ1n) is 6.82. The molecule has 1 aromatic carbocycles. The van der Waals surface area contributed by atoms with Crippen LogP contribution in [0.2, 0.25) is 0 Å². The Balaban J connectivity index is 1.81. The Morgan fingerprint density at radius 1 is 1.26 bits per heavy atom. The van der Waals surface area contributed by atoms with Crippen LogP contribution in [-0.4, -0.2) is 23.7 Å². The van der Waals surface area contributed by atoms with Crippen LogP contribution in [0.1, 0.15) is 31.2 Å². The van der Waals surface area contributed by atoms with E-state index in [9.17, 15) is 4.79 Å². The van der Waals surface area contributed by atoms with Crippen LogP contribution >= 0.6 is 15.9 Å². The van der Waals surface area contributed by atoms with Crippen molar-refractivity contribution in [3.8, 4) is 0 Å². The van der Waals surface area contributed by atoms with Gasteiger partial charge in [-0.05, 0) is 43.2 Å². The number of aliphatic hydroxyl groups excluding tert-OH is 1. The minimum absolute atomic E-state index is 0.0827. The van der Waals surface area contributed by atoms with Crippen molar-refractivity contribution in [3.63, 3.8) is 0 Å². The molecule has 0 radical (unpaired) electrons. The molecule has 1 aromatic rings. The average molecular weight is 326 g/mol. The molecule has 104 valence electrons. The molecule has 3 nitrogen and oxygen atoms in total. The number of amides is 1. The molecular weight excluding hydrogens is 306 g/mol. The predicted molar refractivity (Wildman–Crippen MR) is 78.8 cm³/mol. The fourth-order valence-corrected chi connectivity index (χ4v) is 3.01. The zero-order chi connectivity index (χ0) is 13.7. The van der Waals surface area contributed by atoms with Gasteiger partial charge in [-0.15, -0.1) is 0 Å². The van der Waals surface area contributed by atoms with Gasteiger partial charge in [0.25, 0.3) is 0 Å². The number of carbonyl (C=O) groups is 1. The first-order chi connectivity index (χ1) is 9.19. The standard InChI is InChI=1S/C15H20BrNO2/c16-14-4-2-1-3-12(14)9-15(19)17-13-7-5-11(10-18)6-8-13/h1-4,11,13,18H,5-10H2,(H,17,19). The molecule has 1 aliphatic rings. The van der Waals surface area contributed by atoms with Gasteiger partial charge in [0.05, 0.1) is 6.42 Å². The lowest BCUT2D eigenvalue weighted by Gasteiger charge is -2.28. The molecule has 0 bridgehead atoms. The van der Waals surface area contributed by atoms with Crippen molar-refractivity contribution in [1.29, 1.82) is 0 Å². The summed E-state index contributed by atoms with van der Waals surface area (Å²) in [5.74, 6) is 0.510. The van der Waals surface area contributed by atoms with E-state index in [-0.39, 0.29) is 18.6 Å². The number of carbonyl (C=O) groups excluding carboxylic acids is 1. The van der Waals surface area contributed by atoms with Gasteiger partial charge in [-0.2, -0.15) is 0 Å². The summed E-state index contributed by atoms with van der Waals surface area (Å²) in [4.78, 5) is 12.0. The molecule has 0 spiro atoms. The highest BCUT2D eigenvalue weighted by Crippen LogP contribution is 2.24. The maximum Gasteiger partial charge on any atom is 0.224 e. The summed E-state index contributed by atoms with van der Waals surface area (Å²) in [6.45, 7) is 0.275. The van der Waals surface area contributed by atoms with Crippen LogP contribution < -0.4 is 5.32 Å². The monoisotopic (exact) mass is 325 g/mol. The summed E-state index contributed by atoms with van der Waals surface area (Å²) in [5.41, 5.74) is 1.02. The Morgan fingerprint density at radius 2 is 1.95 bits per heavy atom. The van der Waals surface area contributed by atoms with E-state index in [1.165, 1.54) is 0 Å². The highest BCUT2D eigenvalue weighted by molar-refractivity contribution is 9.10. The number of aliphatic hydroxyl groups is 1. The second-order valence-corrected chi connectivity index (χ2v) is 6.09. The SMILES string of the molecule is O=C(Cc1ccccc1Br)NC1CCC(CO)CC1. The Kier molecular flexibility index (Phi) is 5.40. The summed E-state index contributed by atoms with van der Waals surface area (Å²) >= 11 is 3.46. The number of hydrogen-bond acceptors (Lipinski definition) is 2. The van der Waals surface area contributed by atoms with Gasteiger partial charge in [-0.25, -0.2) is 0 Å².